The molecule has 23 heavy (non-hydrogen) atoms. The Kier molecular flexibility index (Phi) is 5.63. The summed E-state index contributed by atoms with van der Waals surface area (Å²) in [4.78, 5) is 12.1. The maximum atomic E-state index is 12.1. The van der Waals surface area contributed by atoms with Crippen LogP contribution in [0, 0.1) is 13.8 Å². The number of ether oxygens (including phenoxy) is 3. The second-order valence-corrected chi connectivity index (χ2v) is 5.38. The predicted octanol–water partition coefficient (Wildman–Crippen LogP) is 3.86. The highest BCUT2D eigenvalue weighted by atomic mass is 16.5. The van der Waals surface area contributed by atoms with Crippen molar-refractivity contribution in [1.82, 2.24) is 0 Å². The molecular weight excluding hydrogens is 292 g/mol. The van der Waals surface area contributed by atoms with E-state index < -0.39 is 0 Å². The van der Waals surface area contributed by atoms with Crippen molar-refractivity contribution in [1.29, 1.82) is 0 Å². The summed E-state index contributed by atoms with van der Waals surface area (Å²) in [6.07, 6.45) is 0.896. The van der Waals surface area contributed by atoms with Crippen LogP contribution in [0.2, 0.25) is 0 Å². The number of benzene rings is 2. The third-order valence-electron chi connectivity index (χ3n) is 3.69. The van der Waals surface area contributed by atoms with Crippen LogP contribution in [0.1, 0.15) is 23.1 Å². The normalized spacial score (nSPS) is 10.3. The first-order valence-electron chi connectivity index (χ1n) is 7.53. The summed E-state index contributed by atoms with van der Waals surface area (Å²) >= 11 is 0. The molecule has 0 aliphatic rings. The molecular formula is C19H22O4. The summed E-state index contributed by atoms with van der Waals surface area (Å²) in [6.45, 7) is 3.87. The maximum Gasteiger partial charge on any atom is 0.311 e. The number of hydrogen-bond donors (Lipinski definition) is 0. The number of hydrogen-bond acceptors (Lipinski definition) is 4. The van der Waals surface area contributed by atoms with Crippen molar-refractivity contribution >= 4 is 5.97 Å². The lowest BCUT2D eigenvalue weighted by molar-refractivity contribution is -0.134. The molecule has 4 heteroatoms. The van der Waals surface area contributed by atoms with Gasteiger partial charge in [0.1, 0.15) is 5.75 Å². The minimum absolute atomic E-state index is 0.239. The van der Waals surface area contributed by atoms with Crippen molar-refractivity contribution in [3.63, 3.8) is 0 Å². The smallest absolute Gasteiger partial charge is 0.311 e. The monoisotopic (exact) mass is 314 g/mol. The van der Waals surface area contributed by atoms with E-state index in [0.717, 1.165) is 16.7 Å². The average Bonchev–Trinajstić information content (AvgIpc) is 2.56. The SMILES string of the molecule is COc1ccc(CCC(=O)Oc2c(C)cccc2C)cc1OC. The first-order valence-corrected chi connectivity index (χ1v) is 7.53. The number of para-hydroxylation sites is 1. The van der Waals surface area contributed by atoms with Gasteiger partial charge in [0.15, 0.2) is 11.5 Å². The second-order valence-electron chi connectivity index (χ2n) is 5.38. The van der Waals surface area contributed by atoms with E-state index in [2.05, 4.69) is 0 Å². The van der Waals surface area contributed by atoms with Gasteiger partial charge >= 0.3 is 5.97 Å². The summed E-state index contributed by atoms with van der Waals surface area (Å²) in [5, 5.41) is 0. The van der Waals surface area contributed by atoms with Crippen molar-refractivity contribution in [2.45, 2.75) is 26.7 Å². The van der Waals surface area contributed by atoms with Gasteiger partial charge in [0.2, 0.25) is 0 Å². The maximum absolute atomic E-state index is 12.1. The van der Waals surface area contributed by atoms with Crippen molar-refractivity contribution < 1.29 is 19.0 Å². The molecule has 0 atom stereocenters. The van der Waals surface area contributed by atoms with Crippen LogP contribution < -0.4 is 14.2 Å². The highest BCUT2D eigenvalue weighted by molar-refractivity contribution is 5.73. The summed E-state index contributed by atoms with van der Waals surface area (Å²) in [7, 11) is 3.19. The fraction of sp³-hybridized carbons (Fsp3) is 0.316. The van der Waals surface area contributed by atoms with Crippen LogP contribution in [0.5, 0.6) is 17.2 Å². The molecule has 0 fully saturated rings. The minimum atomic E-state index is -0.239. The van der Waals surface area contributed by atoms with Crippen molar-refractivity contribution in [2.75, 3.05) is 14.2 Å². The van der Waals surface area contributed by atoms with Crippen LogP contribution >= 0.6 is 0 Å². The molecule has 0 heterocycles. The van der Waals surface area contributed by atoms with Gasteiger partial charge in [-0.05, 0) is 49.1 Å². The minimum Gasteiger partial charge on any atom is -0.493 e. The first kappa shape index (κ1) is 16.9. The zero-order chi connectivity index (χ0) is 16.8. The molecule has 0 N–H and O–H groups in total. The van der Waals surface area contributed by atoms with Gasteiger partial charge in [0, 0.05) is 6.42 Å². The fourth-order valence-corrected chi connectivity index (χ4v) is 2.41. The van der Waals surface area contributed by atoms with Gasteiger partial charge in [-0.15, -0.1) is 0 Å². The van der Waals surface area contributed by atoms with E-state index in [9.17, 15) is 4.79 Å². The lowest BCUT2D eigenvalue weighted by Crippen LogP contribution is -2.10. The Bertz CT molecular complexity index is 672. The molecule has 0 saturated heterocycles. The third-order valence-corrected chi connectivity index (χ3v) is 3.69. The molecule has 2 aromatic rings. The average molecular weight is 314 g/mol. The largest absolute Gasteiger partial charge is 0.493 e. The highest BCUT2D eigenvalue weighted by Crippen LogP contribution is 2.28. The quantitative estimate of drug-likeness (QED) is 0.600. The predicted molar refractivity (Wildman–Crippen MR) is 89.4 cm³/mol. The van der Waals surface area contributed by atoms with Gasteiger partial charge in [0.05, 0.1) is 14.2 Å². The summed E-state index contributed by atoms with van der Waals surface area (Å²) in [6, 6.07) is 11.5. The second kappa shape index (κ2) is 7.68. The number of aryl methyl sites for hydroxylation is 3. The molecule has 2 rings (SSSR count). The molecule has 4 nitrogen and oxygen atoms in total. The zero-order valence-corrected chi connectivity index (χ0v) is 14.0. The Hall–Kier alpha value is -2.49. The number of carbonyl (C=O) groups excluding carboxylic acids is 1. The molecule has 0 radical (unpaired) electrons. The molecule has 0 unspecified atom stereocenters. The number of carbonyl (C=O) groups is 1. The molecule has 0 aliphatic carbocycles. The Balaban J connectivity index is 1.99. The molecule has 0 amide bonds. The Labute approximate surface area is 137 Å². The summed E-state index contributed by atoms with van der Waals surface area (Å²) in [5.41, 5.74) is 2.93. The molecule has 122 valence electrons. The van der Waals surface area contributed by atoms with Gasteiger partial charge in [-0.1, -0.05) is 24.3 Å². The van der Waals surface area contributed by atoms with Crippen LogP contribution in [0.25, 0.3) is 0 Å². The van der Waals surface area contributed by atoms with E-state index in [4.69, 9.17) is 14.2 Å². The van der Waals surface area contributed by atoms with Crippen molar-refractivity contribution in [3.05, 3.63) is 53.1 Å². The number of methoxy groups -OCH3 is 2. The van der Waals surface area contributed by atoms with E-state index in [1.807, 2.05) is 50.2 Å². The van der Waals surface area contributed by atoms with Crippen LogP contribution in [-0.4, -0.2) is 20.2 Å². The van der Waals surface area contributed by atoms with Gasteiger partial charge < -0.3 is 14.2 Å². The molecule has 0 aromatic heterocycles. The molecule has 0 saturated carbocycles. The van der Waals surface area contributed by atoms with Crippen molar-refractivity contribution in [3.8, 4) is 17.2 Å². The topological polar surface area (TPSA) is 44.8 Å². The lowest BCUT2D eigenvalue weighted by atomic mass is 10.1. The Morgan fingerprint density at radius 2 is 1.61 bits per heavy atom. The summed E-state index contributed by atoms with van der Waals surface area (Å²) < 4.78 is 16.0. The van der Waals surface area contributed by atoms with Crippen LogP contribution in [0.4, 0.5) is 0 Å². The van der Waals surface area contributed by atoms with E-state index >= 15 is 0 Å². The number of esters is 1. The van der Waals surface area contributed by atoms with Crippen LogP contribution in [0.3, 0.4) is 0 Å². The van der Waals surface area contributed by atoms with E-state index in [1.165, 1.54) is 0 Å². The first-order chi connectivity index (χ1) is 11.0. The zero-order valence-electron chi connectivity index (χ0n) is 14.0. The van der Waals surface area contributed by atoms with Crippen LogP contribution in [0.15, 0.2) is 36.4 Å². The molecule has 0 bridgehead atoms. The van der Waals surface area contributed by atoms with Gasteiger partial charge in [0.25, 0.3) is 0 Å². The molecule has 0 aliphatic heterocycles. The fourth-order valence-electron chi connectivity index (χ4n) is 2.41. The standard InChI is InChI=1S/C19H22O4/c1-13-6-5-7-14(2)19(13)23-18(20)11-9-15-8-10-16(21-3)17(12-15)22-4/h5-8,10,12H,9,11H2,1-4H3. The van der Waals surface area contributed by atoms with E-state index in [-0.39, 0.29) is 5.97 Å². The number of rotatable bonds is 6. The lowest BCUT2D eigenvalue weighted by Gasteiger charge is -2.11. The Morgan fingerprint density at radius 3 is 2.22 bits per heavy atom. The Morgan fingerprint density at radius 1 is 0.957 bits per heavy atom. The van der Waals surface area contributed by atoms with E-state index in [0.29, 0.717) is 30.1 Å². The highest BCUT2D eigenvalue weighted by Gasteiger charge is 2.11. The van der Waals surface area contributed by atoms with Gasteiger partial charge in [-0.3, -0.25) is 4.79 Å². The van der Waals surface area contributed by atoms with Gasteiger partial charge in [-0.25, -0.2) is 0 Å². The molecule has 2 aromatic carbocycles. The third kappa shape index (κ3) is 4.25. The van der Waals surface area contributed by atoms with Gasteiger partial charge in [-0.2, -0.15) is 0 Å². The van der Waals surface area contributed by atoms with Crippen molar-refractivity contribution in [2.24, 2.45) is 0 Å². The summed E-state index contributed by atoms with van der Waals surface area (Å²) in [5.74, 6) is 1.75. The van der Waals surface area contributed by atoms with Crippen LogP contribution in [-0.2, 0) is 11.2 Å². The molecule has 0 spiro atoms. The van der Waals surface area contributed by atoms with E-state index in [1.54, 1.807) is 14.2 Å².